The summed E-state index contributed by atoms with van der Waals surface area (Å²) < 4.78 is 59.4. The van der Waals surface area contributed by atoms with Crippen LogP contribution in [0.5, 0.6) is 0 Å². The van der Waals surface area contributed by atoms with Gasteiger partial charge >= 0.3 is 5.97 Å². The molecule has 1 saturated carbocycles. The van der Waals surface area contributed by atoms with Gasteiger partial charge in [-0.05, 0) is 95.8 Å². The lowest BCUT2D eigenvalue weighted by Crippen LogP contribution is -2.73. The van der Waals surface area contributed by atoms with E-state index in [0.29, 0.717) is 83.6 Å². The summed E-state index contributed by atoms with van der Waals surface area (Å²) in [5.41, 5.74) is -5.13. The van der Waals surface area contributed by atoms with Gasteiger partial charge in [-0.2, -0.15) is 0 Å². The Morgan fingerprint density at radius 1 is 0.422 bits per heavy atom. The number of hydrogen-bond acceptors (Lipinski definition) is 35. The molecule has 0 radical (unpaired) electrons. The third-order valence-electron chi connectivity index (χ3n) is 26.3. The Kier molecular flexibility index (Phi) is 61.6. The number of aliphatic hydroxyl groups is 10. The van der Waals surface area contributed by atoms with Crippen molar-refractivity contribution in [1.82, 2.24) is 63.8 Å². The second kappa shape index (κ2) is 70.1. The third kappa shape index (κ3) is 50.3. The third-order valence-corrected chi connectivity index (χ3v) is 26.3. The zero-order valence-electron chi connectivity index (χ0n) is 87.4. The lowest BCUT2D eigenvalue weighted by molar-refractivity contribution is -0.254. The maximum Gasteiger partial charge on any atom is 0.364 e. The molecule has 4 saturated heterocycles. The molecule has 5 aliphatic rings. The number of carbonyl (C=O) groups is 13. The first kappa shape index (κ1) is 129. The molecule has 5 fully saturated rings. The van der Waals surface area contributed by atoms with Crippen molar-refractivity contribution < 1.29 is 171 Å². The van der Waals surface area contributed by atoms with E-state index in [1.54, 1.807) is 0 Å². The van der Waals surface area contributed by atoms with Gasteiger partial charge in [0.1, 0.15) is 11.7 Å². The Balaban J connectivity index is 1.13. The number of carboxylic acid groups (broad SMARTS) is 1. The summed E-state index contributed by atoms with van der Waals surface area (Å²) in [4.78, 5) is 171. The molecule has 4 heterocycles. The molecule has 0 aromatic carbocycles. The Labute approximate surface area is 862 Å². The van der Waals surface area contributed by atoms with Crippen LogP contribution in [0.25, 0.3) is 0 Å². The molecule has 846 valence electrons. The number of carbonyl (C=O) groups excluding carboxylic acids is 12. The van der Waals surface area contributed by atoms with Gasteiger partial charge in [0.2, 0.25) is 65.0 Å². The number of rotatable bonds is 73. The highest BCUT2D eigenvalue weighted by atomic mass is 16.7. The highest BCUT2D eigenvalue weighted by molar-refractivity contribution is 5.82. The maximum atomic E-state index is 14.3. The van der Waals surface area contributed by atoms with Crippen molar-refractivity contribution in [3.63, 3.8) is 0 Å². The molecule has 23 N–H and O–H groups in total. The van der Waals surface area contributed by atoms with Crippen LogP contribution in [0, 0.1) is 29.1 Å². The molecule has 12 unspecified atom stereocenters. The van der Waals surface area contributed by atoms with Crippen LogP contribution in [-0.4, -0.2) is 386 Å². The van der Waals surface area contributed by atoms with Gasteiger partial charge in [-0.1, -0.05) is 83.7 Å². The summed E-state index contributed by atoms with van der Waals surface area (Å²) in [5.74, 6) is -10.8. The van der Waals surface area contributed by atoms with Gasteiger partial charge in [0.05, 0.1) is 151 Å². The van der Waals surface area contributed by atoms with Crippen molar-refractivity contribution in [3.8, 4) is 0 Å². The number of nitrogens with one attached hydrogen (secondary N) is 12. The fourth-order valence-electron chi connectivity index (χ4n) is 17.7. The molecule has 0 aromatic heterocycles. The van der Waals surface area contributed by atoms with Gasteiger partial charge in [-0.15, -0.1) is 0 Å². The van der Waals surface area contributed by atoms with E-state index in [-0.39, 0.29) is 224 Å². The zero-order chi connectivity index (χ0) is 108. The number of carboxylic acids is 1. The van der Waals surface area contributed by atoms with Gasteiger partial charge in [-0.25, -0.2) is 4.79 Å². The first-order valence-electron chi connectivity index (χ1n) is 52.5. The summed E-state index contributed by atoms with van der Waals surface area (Å²) in [6, 6.07) is -3.36. The van der Waals surface area contributed by atoms with E-state index in [4.69, 9.17) is 52.2 Å². The predicted octanol–water partition coefficient (Wildman–Crippen LogP) is -1.31. The summed E-state index contributed by atoms with van der Waals surface area (Å²) in [5, 5.41) is 153. The SMILES string of the molecule is CC(=O)NC1CC(O)[C@H](O)C(CO)CO[C@@H]1OCCCCC(=O)NCCCNC(=O)CCCCC(COCCC(=O)NCCCNC(=O)CCCCO[C@H]1OCC(CO)[C@@H](O)C(O)CC1NC(C)=O)(COCCC(=O)NCCCNC(=O)CCCCO[C@H]1OCC(CO)[C@@](C)(O)C(O)CC1NC(C)=O)NC(=O)CCCCCCCCCCCCNC(=O)CON=CC1C2O[C@@](OCC(C)(C)C)(C(=O)O)C[C@]2(O)[C@@H]1NC(C)=O. The maximum absolute atomic E-state index is 14.3. The van der Waals surface area contributed by atoms with Crippen molar-refractivity contribution in [2.45, 2.75) is 369 Å². The fraction of sp³-hybridized carbons (Fsp3) is 0.859. The molecule has 12 amide bonds. The van der Waals surface area contributed by atoms with Crippen LogP contribution < -0.4 is 63.8 Å². The number of aliphatic carboxylic acids is 1. The van der Waals surface area contributed by atoms with E-state index < -0.39 is 200 Å². The average molecular weight is 2110 g/mol. The first-order valence-corrected chi connectivity index (χ1v) is 52.5. The molecule has 5 rings (SSSR count). The quantitative estimate of drug-likeness (QED) is 0.0191. The molecule has 48 heteroatoms. The number of unbranched alkanes of at least 4 members (excludes halogenated alkanes) is 13. The normalized spacial score (nSPS) is 26.7. The zero-order valence-corrected chi connectivity index (χ0v) is 87.4. The Morgan fingerprint density at radius 2 is 0.789 bits per heavy atom. The van der Waals surface area contributed by atoms with E-state index in [0.717, 1.165) is 57.8 Å². The van der Waals surface area contributed by atoms with Crippen molar-refractivity contribution >= 4 is 83.1 Å². The van der Waals surface area contributed by atoms with E-state index in [1.165, 1.54) is 40.8 Å². The molecule has 4 aliphatic heterocycles. The lowest BCUT2D eigenvalue weighted by Gasteiger charge is -2.51. The first-order chi connectivity index (χ1) is 70.0. The number of amides is 12. The Bertz CT molecular complexity index is 3820. The Morgan fingerprint density at radius 3 is 1.19 bits per heavy atom. The highest BCUT2D eigenvalue weighted by Crippen LogP contribution is 2.54. The topological polar surface area (TPSA) is 703 Å². The second-order valence-corrected chi connectivity index (χ2v) is 40.7. The van der Waals surface area contributed by atoms with E-state index in [1.807, 2.05) is 20.8 Å². The number of aliphatic hydroxyl groups excluding tert-OH is 8. The minimum Gasteiger partial charge on any atom is -0.477 e. The van der Waals surface area contributed by atoms with Crippen molar-refractivity contribution in [2.24, 2.45) is 34.2 Å². The lowest BCUT2D eigenvalue weighted by atomic mass is 9.63. The number of hydrogen-bond donors (Lipinski definition) is 23. The molecular weight excluding hydrogens is 1930 g/mol. The van der Waals surface area contributed by atoms with E-state index in [9.17, 15) is 119 Å². The van der Waals surface area contributed by atoms with Crippen LogP contribution in [0.1, 0.15) is 267 Å². The molecule has 147 heavy (non-hydrogen) atoms. The minimum atomic E-state index is -2.16. The monoisotopic (exact) mass is 2110 g/mol. The molecule has 48 nitrogen and oxygen atoms in total. The van der Waals surface area contributed by atoms with Crippen LogP contribution in [0.4, 0.5) is 0 Å². The van der Waals surface area contributed by atoms with Gasteiger partial charge in [0.25, 0.3) is 11.7 Å². The predicted molar refractivity (Wildman–Crippen MR) is 529 cm³/mol. The summed E-state index contributed by atoms with van der Waals surface area (Å²) in [6.45, 7) is 11.7. The number of nitrogens with zero attached hydrogens (tertiary/aromatic N) is 1. The molecular formula is C99H175N13O35. The van der Waals surface area contributed by atoms with Crippen LogP contribution in [0.15, 0.2) is 5.16 Å². The van der Waals surface area contributed by atoms with Crippen molar-refractivity contribution in [1.29, 1.82) is 0 Å². The molecule has 0 bridgehead atoms. The number of fused-ring (bicyclic) bond motifs is 1. The average Bonchev–Trinajstić information content (AvgIpc) is 1.53. The van der Waals surface area contributed by atoms with Crippen LogP contribution in [-0.2, 0) is 115 Å². The van der Waals surface area contributed by atoms with Crippen molar-refractivity contribution in [3.05, 3.63) is 0 Å². The fourth-order valence-corrected chi connectivity index (χ4v) is 17.7. The molecule has 0 aromatic rings. The second-order valence-electron chi connectivity index (χ2n) is 40.7. The summed E-state index contributed by atoms with van der Waals surface area (Å²) >= 11 is 0. The van der Waals surface area contributed by atoms with Crippen LogP contribution in [0.3, 0.4) is 0 Å². The van der Waals surface area contributed by atoms with Gasteiger partial charge in [0.15, 0.2) is 25.5 Å². The summed E-state index contributed by atoms with van der Waals surface area (Å²) in [6.07, 6.45) is 3.94. The highest BCUT2D eigenvalue weighted by Gasteiger charge is 2.74. The Hall–Kier alpha value is -8.22. The smallest absolute Gasteiger partial charge is 0.364 e. The van der Waals surface area contributed by atoms with Crippen LogP contribution in [0.2, 0.25) is 0 Å². The molecule has 0 spiro atoms. The van der Waals surface area contributed by atoms with E-state index >= 15 is 0 Å². The van der Waals surface area contributed by atoms with Crippen molar-refractivity contribution in [2.75, 3.05) is 145 Å². The number of ether oxygens (including phenoxy) is 10. The van der Waals surface area contributed by atoms with Gasteiger partial charge in [0, 0.05) is 182 Å². The van der Waals surface area contributed by atoms with E-state index in [2.05, 4.69) is 69.0 Å². The molecule has 21 atom stereocenters. The van der Waals surface area contributed by atoms with Gasteiger partial charge in [-0.3, -0.25) is 57.5 Å². The largest absolute Gasteiger partial charge is 0.477 e. The summed E-state index contributed by atoms with van der Waals surface area (Å²) in [7, 11) is 0. The van der Waals surface area contributed by atoms with Gasteiger partial charge < -0.3 is 172 Å². The molecule has 1 aliphatic carbocycles. The standard InChI is InChI=1S/C99H175N13O35/c1-65(116)108-73-50-76(120)87(131)69(54-113)57-142-91(73)139-45-24-19-31-80(124)101-40-27-39-100-79(123)30-18-22-37-97(63-137-48-35-83(127)104-43-28-41-102-81(125)32-20-25-46-140-92-74(109-66(2)117)51-77(121)88(132)70(55-114)58-143-92,64-138-49-36-84(128)105-44-29-42-103-82(126)33-21-26-47-141-93-75(110-67(3)118)52-78(122)96(8,135)71(56-115)59-144-93)112-85(129)34-17-15-13-11-9-10-12-14-16-23-38-106-86(130)60-146-107-53-72-89(111-68(4)119)98(136)61-99(94(133)134,147-90(72)98)145-62-95(5,6)7/h53,69-78,87-93,113-115,120-122,131-132,135-136H,9-52,54-64H2,1-8H3,(H,100,123)(H,101,124)(H,102,125)(H,103,126)(H,104,127)(H,105,128)(H,106,130)(H,108,116)(H,109,117)(H,110,118)(H,111,119)(H,112,129)(H,133,134)/t69?,70?,71?,72?,73?,74?,75?,76?,77?,78?,87-,88-,89-,90?,91+,92+,93+,96-,97?,98+,99-/m1/s1. The van der Waals surface area contributed by atoms with Crippen LogP contribution >= 0.6 is 0 Å². The number of oxime groups is 1. The minimum absolute atomic E-state index is 0.00934.